The molecule has 0 bridgehead atoms. The molecule has 0 saturated heterocycles. The molecule has 4 rings (SSSR count). The molecule has 0 unspecified atom stereocenters. The highest BCUT2D eigenvalue weighted by atomic mass is 32.2. The smallest absolute Gasteiger partial charge is 0.251 e. The molecule has 0 fully saturated rings. The van der Waals surface area contributed by atoms with Gasteiger partial charge in [0.05, 0.1) is 10.6 Å². The molecule has 0 aliphatic rings. The normalized spacial score (nSPS) is 12.3. The molecule has 0 saturated carbocycles. The van der Waals surface area contributed by atoms with Crippen molar-refractivity contribution >= 4 is 15.7 Å². The van der Waals surface area contributed by atoms with Gasteiger partial charge in [-0.3, -0.25) is 4.79 Å². The van der Waals surface area contributed by atoms with Gasteiger partial charge in [-0.05, 0) is 68.7 Å². The summed E-state index contributed by atoms with van der Waals surface area (Å²) in [6.45, 7) is 3.70. The lowest BCUT2D eigenvalue weighted by molar-refractivity contribution is 0.0938. The minimum atomic E-state index is -3.53. The quantitative estimate of drug-likeness (QED) is 0.342. The lowest BCUT2D eigenvalue weighted by Crippen LogP contribution is -2.32. The molecule has 3 aromatic carbocycles. The largest absolute Gasteiger partial charge is 0.441 e. The molecule has 7 heteroatoms. The Balaban J connectivity index is 1.39. The number of aryl methyl sites for hydroxylation is 2. The number of aromatic nitrogens is 1. The molecule has 4 aromatic rings. The second kappa shape index (κ2) is 10.7. The van der Waals surface area contributed by atoms with Crippen molar-refractivity contribution < 1.29 is 17.6 Å². The molecule has 0 aliphatic carbocycles. The van der Waals surface area contributed by atoms with Crippen LogP contribution in [0.3, 0.4) is 0 Å². The second-order valence-corrected chi connectivity index (χ2v) is 10.6. The molecular formula is C28H28N2O4S. The first-order valence-electron chi connectivity index (χ1n) is 11.5. The van der Waals surface area contributed by atoms with Crippen LogP contribution in [0.4, 0.5) is 0 Å². The van der Waals surface area contributed by atoms with Crippen LogP contribution < -0.4 is 5.32 Å². The highest BCUT2D eigenvalue weighted by molar-refractivity contribution is 7.90. The van der Waals surface area contributed by atoms with Gasteiger partial charge in [-0.15, -0.1) is 0 Å². The third kappa shape index (κ3) is 6.25. The fraction of sp³-hybridized carbons (Fsp3) is 0.214. The molecule has 180 valence electrons. The van der Waals surface area contributed by atoms with E-state index in [2.05, 4.69) is 22.4 Å². The summed E-state index contributed by atoms with van der Waals surface area (Å²) >= 11 is 0. The molecule has 1 aromatic heterocycles. The van der Waals surface area contributed by atoms with Gasteiger partial charge >= 0.3 is 0 Å². The van der Waals surface area contributed by atoms with Crippen LogP contribution in [0, 0.1) is 6.92 Å². The zero-order valence-electron chi connectivity index (χ0n) is 19.8. The maximum Gasteiger partial charge on any atom is 0.251 e. The number of oxazole rings is 1. The predicted molar refractivity (Wildman–Crippen MR) is 136 cm³/mol. The van der Waals surface area contributed by atoms with Gasteiger partial charge in [-0.1, -0.05) is 48.5 Å². The lowest BCUT2D eigenvalue weighted by Gasteiger charge is -2.14. The second-order valence-electron chi connectivity index (χ2n) is 8.57. The van der Waals surface area contributed by atoms with Gasteiger partial charge in [0.2, 0.25) is 5.89 Å². The Bertz CT molecular complexity index is 1380. The first-order chi connectivity index (χ1) is 16.8. The van der Waals surface area contributed by atoms with E-state index in [1.54, 1.807) is 61.5 Å². The van der Waals surface area contributed by atoms with Crippen molar-refractivity contribution in [1.82, 2.24) is 10.3 Å². The van der Waals surface area contributed by atoms with Crippen LogP contribution in [0.1, 0.15) is 40.7 Å². The van der Waals surface area contributed by atoms with Crippen LogP contribution in [-0.4, -0.2) is 25.4 Å². The van der Waals surface area contributed by atoms with Gasteiger partial charge in [-0.25, -0.2) is 13.4 Å². The summed E-state index contributed by atoms with van der Waals surface area (Å²) in [4.78, 5) is 17.3. The number of rotatable bonds is 9. The van der Waals surface area contributed by atoms with Crippen molar-refractivity contribution in [3.05, 3.63) is 108 Å². The number of carbonyl (C=O) groups excluding carboxylic acids is 1. The molecule has 6 nitrogen and oxygen atoms in total. The van der Waals surface area contributed by atoms with Gasteiger partial charge in [0.25, 0.3) is 5.91 Å². The molecule has 0 radical (unpaired) electrons. The van der Waals surface area contributed by atoms with E-state index in [1.165, 1.54) is 5.56 Å². The van der Waals surface area contributed by atoms with Crippen molar-refractivity contribution in [2.75, 3.05) is 0 Å². The Morgan fingerprint density at radius 3 is 2.23 bits per heavy atom. The van der Waals surface area contributed by atoms with Gasteiger partial charge in [0.15, 0.2) is 9.84 Å². The third-order valence-electron chi connectivity index (χ3n) is 5.80. The number of benzene rings is 3. The number of hydrogen-bond donors (Lipinski definition) is 1. The Morgan fingerprint density at radius 2 is 1.57 bits per heavy atom. The van der Waals surface area contributed by atoms with E-state index in [4.69, 9.17) is 4.42 Å². The molecular weight excluding hydrogens is 460 g/mol. The average Bonchev–Trinajstić information content (AvgIpc) is 3.23. The maximum atomic E-state index is 12.7. The summed E-state index contributed by atoms with van der Waals surface area (Å²) in [5.41, 5.74) is 2.83. The summed E-state index contributed by atoms with van der Waals surface area (Å²) in [5.74, 6) is 0.390. The minimum absolute atomic E-state index is 0.0332. The molecule has 1 N–H and O–H groups in total. The van der Waals surface area contributed by atoms with Crippen LogP contribution in [0.15, 0.2) is 94.2 Å². The van der Waals surface area contributed by atoms with E-state index in [9.17, 15) is 13.2 Å². The third-order valence-corrected chi connectivity index (χ3v) is 7.45. The van der Waals surface area contributed by atoms with Crippen molar-refractivity contribution in [3.8, 4) is 11.5 Å². The monoisotopic (exact) mass is 488 g/mol. The maximum absolute atomic E-state index is 12.7. The molecule has 1 heterocycles. The van der Waals surface area contributed by atoms with Crippen LogP contribution >= 0.6 is 0 Å². The van der Waals surface area contributed by atoms with Crippen LogP contribution in [0.25, 0.3) is 11.5 Å². The number of nitrogens with one attached hydrogen (secondary N) is 1. The van der Waals surface area contributed by atoms with Gasteiger partial charge in [0, 0.05) is 17.2 Å². The topological polar surface area (TPSA) is 89.3 Å². The highest BCUT2D eigenvalue weighted by Crippen LogP contribution is 2.25. The number of sulfone groups is 1. The average molecular weight is 489 g/mol. The standard InChI is InChI=1S/C28H28N2O4S/c1-20(13-14-22-9-5-3-6-10-22)29-27(31)23-15-17-24(18-16-23)28-30-26(21(2)34-28)19-35(32,33)25-11-7-4-8-12-25/h3-12,15-18,20H,13-14,19H2,1-2H3,(H,29,31)/t20-/m0/s1. The SMILES string of the molecule is Cc1oc(-c2ccc(C(=O)N[C@@H](C)CCc3ccccc3)cc2)nc1CS(=O)(=O)c1ccccc1. The fourth-order valence-corrected chi connectivity index (χ4v) is 5.11. The van der Waals surface area contributed by atoms with Crippen molar-refractivity contribution in [1.29, 1.82) is 0 Å². The Labute approximate surface area is 206 Å². The van der Waals surface area contributed by atoms with Crippen molar-refractivity contribution in [2.24, 2.45) is 0 Å². The van der Waals surface area contributed by atoms with Crippen molar-refractivity contribution in [3.63, 3.8) is 0 Å². The van der Waals surface area contributed by atoms with E-state index in [0.717, 1.165) is 12.8 Å². The summed E-state index contributed by atoms with van der Waals surface area (Å²) in [5, 5.41) is 3.04. The first kappa shape index (κ1) is 24.4. The first-order valence-corrected chi connectivity index (χ1v) is 13.2. The zero-order chi connectivity index (χ0) is 24.8. The van der Waals surface area contributed by atoms with E-state index in [0.29, 0.717) is 28.5 Å². The predicted octanol–water partition coefficient (Wildman–Crippen LogP) is 5.38. The fourth-order valence-electron chi connectivity index (χ4n) is 3.75. The van der Waals surface area contributed by atoms with E-state index in [-0.39, 0.29) is 22.6 Å². The van der Waals surface area contributed by atoms with E-state index < -0.39 is 9.84 Å². The number of amides is 1. The molecule has 1 amide bonds. The van der Waals surface area contributed by atoms with Gasteiger partial charge < -0.3 is 9.73 Å². The lowest BCUT2D eigenvalue weighted by atomic mass is 10.1. The van der Waals surface area contributed by atoms with Crippen molar-refractivity contribution in [2.45, 2.75) is 43.4 Å². The minimum Gasteiger partial charge on any atom is -0.441 e. The highest BCUT2D eigenvalue weighted by Gasteiger charge is 2.21. The van der Waals surface area contributed by atoms with Gasteiger partial charge in [0.1, 0.15) is 11.5 Å². The Kier molecular flexibility index (Phi) is 7.46. The van der Waals surface area contributed by atoms with Gasteiger partial charge in [-0.2, -0.15) is 0 Å². The van der Waals surface area contributed by atoms with E-state index in [1.807, 2.05) is 25.1 Å². The molecule has 35 heavy (non-hydrogen) atoms. The Hall–Kier alpha value is -3.71. The summed E-state index contributed by atoms with van der Waals surface area (Å²) in [7, 11) is -3.53. The van der Waals surface area contributed by atoms with Crippen LogP contribution in [0.2, 0.25) is 0 Å². The van der Waals surface area contributed by atoms with Crippen LogP contribution in [-0.2, 0) is 22.0 Å². The summed E-state index contributed by atoms with van der Waals surface area (Å²) < 4.78 is 31.2. The van der Waals surface area contributed by atoms with E-state index >= 15 is 0 Å². The summed E-state index contributed by atoms with van der Waals surface area (Å²) in [6, 6.07) is 25.4. The zero-order valence-corrected chi connectivity index (χ0v) is 20.6. The number of hydrogen-bond acceptors (Lipinski definition) is 5. The number of nitrogens with zero attached hydrogens (tertiary/aromatic N) is 1. The molecule has 1 atom stereocenters. The molecule has 0 spiro atoms. The molecule has 0 aliphatic heterocycles. The number of carbonyl (C=O) groups is 1. The van der Waals surface area contributed by atoms with Crippen LogP contribution in [0.5, 0.6) is 0 Å². The Morgan fingerprint density at radius 1 is 0.943 bits per heavy atom. The summed E-state index contributed by atoms with van der Waals surface area (Å²) in [6.07, 6.45) is 1.74.